The lowest BCUT2D eigenvalue weighted by atomic mass is 10.1. The van der Waals surface area contributed by atoms with Gasteiger partial charge in [0.05, 0.1) is 18.2 Å². The van der Waals surface area contributed by atoms with Crippen molar-refractivity contribution < 1.29 is 8.42 Å². The zero-order valence-electron chi connectivity index (χ0n) is 10.3. The monoisotopic (exact) mass is 305 g/mol. The van der Waals surface area contributed by atoms with E-state index in [0.717, 1.165) is 11.3 Å². The second-order valence-corrected chi connectivity index (χ2v) is 6.94. The van der Waals surface area contributed by atoms with E-state index >= 15 is 0 Å². The summed E-state index contributed by atoms with van der Waals surface area (Å²) in [6, 6.07) is 10.4. The molecule has 0 unspecified atom stereocenters. The first-order valence-corrected chi connectivity index (χ1v) is 8.16. The summed E-state index contributed by atoms with van der Waals surface area (Å²) in [4.78, 5) is 6.94. The first-order valence-electron chi connectivity index (χ1n) is 5.80. The fourth-order valence-electron chi connectivity index (χ4n) is 1.79. The standard InChI is InChI=1S/C13H11N3O2S2/c17-20(18,13-5-2-6-19-13)16-11-4-1-3-10(7-11)12-8-14-9-15-12/h1-9,16H,(H,14,15). The van der Waals surface area contributed by atoms with Crippen LogP contribution in [0.5, 0.6) is 0 Å². The number of thiophene rings is 1. The Kier molecular flexibility index (Phi) is 3.29. The first kappa shape index (κ1) is 12.9. The van der Waals surface area contributed by atoms with Gasteiger partial charge < -0.3 is 4.98 Å². The topological polar surface area (TPSA) is 74.8 Å². The van der Waals surface area contributed by atoms with E-state index in [9.17, 15) is 8.42 Å². The van der Waals surface area contributed by atoms with Gasteiger partial charge in [-0.3, -0.25) is 4.72 Å². The molecule has 0 radical (unpaired) electrons. The van der Waals surface area contributed by atoms with Crippen molar-refractivity contribution in [2.45, 2.75) is 4.21 Å². The number of nitrogens with zero attached hydrogens (tertiary/aromatic N) is 1. The van der Waals surface area contributed by atoms with Gasteiger partial charge in [-0.2, -0.15) is 0 Å². The van der Waals surface area contributed by atoms with Crippen molar-refractivity contribution in [3.05, 3.63) is 54.3 Å². The van der Waals surface area contributed by atoms with Gasteiger partial charge in [0.25, 0.3) is 10.0 Å². The van der Waals surface area contributed by atoms with Crippen LogP contribution in [0.1, 0.15) is 0 Å². The van der Waals surface area contributed by atoms with Gasteiger partial charge >= 0.3 is 0 Å². The van der Waals surface area contributed by atoms with Crippen LogP contribution < -0.4 is 4.72 Å². The summed E-state index contributed by atoms with van der Waals surface area (Å²) in [5, 5.41) is 1.73. The molecule has 0 fully saturated rings. The van der Waals surface area contributed by atoms with Crippen LogP contribution in [0.3, 0.4) is 0 Å². The number of nitrogens with one attached hydrogen (secondary N) is 2. The lowest BCUT2D eigenvalue weighted by molar-refractivity contribution is 0.603. The lowest BCUT2D eigenvalue weighted by Gasteiger charge is -2.07. The van der Waals surface area contributed by atoms with Crippen molar-refractivity contribution in [2.75, 3.05) is 4.72 Å². The number of hydrogen-bond donors (Lipinski definition) is 2. The van der Waals surface area contributed by atoms with Gasteiger partial charge in [0.1, 0.15) is 4.21 Å². The molecule has 0 amide bonds. The third-order valence-electron chi connectivity index (χ3n) is 2.68. The van der Waals surface area contributed by atoms with E-state index in [1.807, 2.05) is 6.07 Å². The molecular formula is C13H11N3O2S2. The molecular weight excluding hydrogens is 294 g/mol. The van der Waals surface area contributed by atoms with Crippen LogP contribution in [0.4, 0.5) is 5.69 Å². The summed E-state index contributed by atoms with van der Waals surface area (Å²) in [7, 11) is -3.51. The molecule has 2 aromatic heterocycles. The average molecular weight is 305 g/mol. The molecule has 0 bridgehead atoms. The van der Waals surface area contributed by atoms with Gasteiger partial charge in [-0.1, -0.05) is 18.2 Å². The quantitative estimate of drug-likeness (QED) is 0.778. The minimum atomic E-state index is -3.51. The molecule has 5 nitrogen and oxygen atoms in total. The van der Waals surface area contributed by atoms with E-state index in [1.165, 1.54) is 11.3 Å². The van der Waals surface area contributed by atoms with E-state index in [1.54, 1.807) is 48.2 Å². The maximum atomic E-state index is 12.1. The highest BCUT2D eigenvalue weighted by molar-refractivity contribution is 7.94. The number of imidazole rings is 1. The summed E-state index contributed by atoms with van der Waals surface area (Å²) in [5.74, 6) is 0. The second kappa shape index (κ2) is 5.10. The fourth-order valence-corrected chi connectivity index (χ4v) is 3.83. The summed E-state index contributed by atoms with van der Waals surface area (Å²) < 4.78 is 27.1. The Balaban J connectivity index is 1.91. The van der Waals surface area contributed by atoms with Crippen LogP contribution in [-0.2, 0) is 10.0 Å². The highest BCUT2D eigenvalue weighted by atomic mass is 32.2. The molecule has 0 aliphatic heterocycles. The summed E-state index contributed by atoms with van der Waals surface area (Å²) in [6.07, 6.45) is 3.27. The molecule has 0 saturated carbocycles. The smallest absolute Gasteiger partial charge is 0.271 e. The lowest BCUT2D eigenvalue weighted by Crippen LogP contribution is -2.11. The third kappa shape index (κ3) is 2.59. The zero-order valence-corrected chi connectivity index (χ0v) is 11.9. The van der Waals surface area contributed by atoms with E-state index < -0.39 is 10.0 Å². The van der Waals surface area contributed by atoms with Crippen LogP contribution in [0, 0.1) is 0 Å². The molecule has 1 aromatic carbocycles. The second-order valence-electron chi connectivity index (χ2n) is 4.08. The predicted octanol–water partition coefficient (Wildman–Crippen LogP) is 2.94. The Morgan fingerprint density at radius 3 is 2.80 bits per heavy atom. The van der Waals surface area contributed by atoms with Crippen LogP contribution >= 0.6 is 11.3 Å². The van der Waals surface area contributed by atoms with Crippen molar-refractivity contribution in [2.24, 2.45) is 0 Å². The van der Waals surface area contributed by atoms with Crippen molar-refractivity contribution >= 4 is 27.0 Å². The van der Waals surface area contributed by atoms with E-state index in [2.05, 4.69) is 14.7 Å². The van der Waals surface area contributed by atoms with Crippen molar-refractivity contribution in [1.82, 2.24) is 9.97 Å². The van der Waals surface area contributed by atoms with Crippen molar-refractivity contribution in [3.8, 4) is 11.3 Å². The normalized spacial score (nSPS) is 11.4. The van der Waals surface area contributed by atoms with Crippen LogP contribution in [0.2, 0.25) is 0 Å². The minimum absolute atomic E-state index is 0.296. The van der Waals surface area contributed by atoms with Crippen LogP contribution in [-0.4, -0.2) is 18.4 Å². The predicted molar refractivity (Wildman–Crippen MR) is 79.2 cm³/mol. The van der Waals surface area contributed by atoms with Gasteiger partial charge in [-0.25, -0.2) is 13.4 Å². The molecule has 3 aromatic rings. The molecule has 102 valence electrons. The number of rotatable bonds is 4. The van der Waals surface area contributed by atoms with E-state index in [-0.39, 0.29) is 0 Å². The largest absolute Gasteiger partial charge is 0.345 e. The number of H-pyrrole nitrogens is 1. The molecule has 0 aliphatic carbocycles. The molecule has 20 heavy (non-hydrogen) atoms. The molecule has 0 spiro atoms. The number of hydrogen-bond acceptors (Lipinski definition) is 4. The fraction of sp³-hybridized carbons (Fsp3) is 0. The van der Waals surface area contributed by atoms with Gasteiger partial charge in [-0.05, 0) is 23.6 Å². The van der Waals surface area contributed by atoms with Gasteiger partial charge in [0, 0.05) is 11.3 Å². The summed E-state index contributed by atoms with van der Waals surface area (Å²) in [6.45, 7) is 0. The Labute approximate surface area is 120 Å². The molecule has 2 heterocycles. The molecule has 7 heteroatoms. The highest BCUT2D eigenvalue weighted by Gasteiger charge is 2.15. The number of benzene rings is 1. The zero-order chi connectivity index (χ0) is 14.0. The molecule has 0 aliphatic rings. The molecule has 0 atom stereocenters. The van der Waals surface area contributed by atoms with Crippen molar-refractivity contribution in [3.63, 3.8) is 0 Å². The Morgan fingerprint density at radius 2 is 2.10 bits per heavy atom. The maximum Gasteiger partial charge on any atom is 0.271 e. The van der Waals surface area contributed by atoms with E-state index in [4.69, 9.17) is 0 Å². The van der Waals surface area contributed by atoms with E-state index in [0.29, 0.717) is 9.90 Å². The van der Waals surface area contributed by atoms with Crippen molar-refractivity contribution in [1.29, 1.82) is 0 Å². The summed E-state index contributed by atoms with van der Waals surface area (Å²) in [5.41, 5.74) is 2.22. The number of anilines is 1. The third-order valence-corrected chi connectivity index (χ3v) is 5.46. The number of aromatic nitrogens is 2. The van der Waals surface area contributed by atoms with Gasteiger partial charge in [-0.15, -0.1) is 11.3 Å². The minimum Gasteiger partial charge on any atom is -0.345 e. The Bertz CT molecular complexity index is 794. The number of sulfonamides is 1. The molecule has 2 N–H and O–H groups in total. The molecule has 0 saturated heterocycles. The highest BCUT2D eigenvalue weighted by Crippen LogP contribution is 2.24. The van der Waals surface area contributed by atoms with Gasteiger partial charge in [0.15, 0.2) is 0 Å². The summed E-state index contributed by atoms with van der Waals surface area (Å²) >= 11 is 1.18. The first-order chi connectivity index (χ1) is 9.65. The average Bonchev–Trinajstić information content (AvgIpc) is 3.12. The Hall–Kier alpha value is -2.12. The maximum absolute atomic E-state index is 12.1. The molecule has 3 rings (SSSR count). The number of aromatic amines is 1. The van der Waals surface area contributed by atoms with Gasteiger partial charge in [0.2, 0.25) is 0 Å². The SMILES string of the molecule is O=S(=O)(Nc1cccc(-c2cnc[nH]2)c1)c1cccs1. The Morgan fingerprint density at radius 1 is 1.20 bits per heavy atom. The van der Waals surface area contributed by atoms with Crippen LogP contribution in [0.25, 0.3) is 11.3 Å². The van der Waals surface area contributed by atoms with Crippen LogP contribution in [0.15, 0.2) is 58.5 Å².